The molecule has 1 N–H and O–H groups in total. The van der Waals surface area contributed by atoms with Crippen LogP contribution < -0.4 is 4.74 Å². The van der Waals surface area contributed by atoms with Crippen molar-refractivity contribution in [3.05, 3.63) is 74.8 Å². The van der Waals surface area contributed by atoms with Gasteiger partial charge in [-0.2, -0.15) is 0 Å². The van der Waals surface area contributed by atoms with Crippen LogP contribution in [0.25, 0.3) is 5.76 Å². The zero-order valence-electron chi connectivity index (χ0n) is 21.4. The van der Waals surface area contributed by atoms with E-state index in [0.717, 1.165) is 18.7 Å². The number of nitrogens with zero attached hydrogens (tertiary/aromatic N) is 3. The number of ketones is 1. The van der Waals surface area contributed by atoms with Crippen molar-refractivity contribution in [2.45, 2.75) is 46.8 Å². The van der Waals surface area contributed by atoms with Crippen molar-refractivity contribution in [1.82, 2.24) is 9.80 Å². The smallest absolute Gasteiger partial charge is 0.295 e. The number of amides is 1. The van der Waals surface area contributed by atoms with Crippen molar-refractivity contribution in [1.29, 1.82) is 0 Å². The fraction of sp³-hybridized carbons (Fsp3) is 0.407. The number of rotatable bonds is 10. The van der Waals surface area contributed by atoms with Crippen LogP contribution in [-0.4, -0.2) is 63.8 Å². The second-order valence-corrected chi connectivity index (χ2v) is 9.01. The molecule has 1 atom stereocenters. The lowest BCUT2D eigenvalue weighted by atomic mass is 9.94. The summed E-state index contributed by atoms with van der Waals surface area (Å²) in [4.78, 5) is 40.6. The lowest BCUT2D eigenvalue weighted by Gasteiger charge is -2.28. The molecule has 36 heavy (non-hydrogen) atoms. The number of benzene rings is 2. The van der Waals surface area contributed by atoms with Crippen LogP contribution in [0.3, 0.4) is 0 Å². The van der Waals surface area contributed by atoms with E-state index < -0.39 is 22.7 Å². The number of aliphatic hydroxyl groups is 1. The summed E-state index contributed by atoms with van der Waals surface area (Å²) >= 11 is 0. The van der Waals surface area contributed by atoms with Crippen LogP contribution in [0.15, 0.2) is 48.0 Å². The summed E-state index contributed by atoms with van der Waals surface area (Å²) in [5.41, 5.74) is 1.53. The van der Waals surface area contributed by atoms with Crippen molar-refractivity contribution in [2.24, 2.45) is 0 Å². The van der Waals surface area contributed by atoms with Crippen LogP contribution in [0.2, 0.25) is 0 Å². The summed E-state index contributed by atoms with van der Waals surface area (Å²) in [6.45, 7) is 12.1. The van der Waals surface area contributed by atoms with Crippen molar-refractivity contribution in [3.8, 4) is 5.75 Å². The lowest BCUT2D eigenvalue weighted by molar-refractivity contribution is -0.384. The Hall–Kier alpha value is -3.72. The van der Waals surface area contributed by atoms with Crippen molar-refractivity contribution in [2.75, 3.05) is 26.2 Å². The molecule has 1 fully saturated rings. The highest BCUT2D eigenvalue weighted by Gasteiger charge is 2.46. The second-order valence-electron chi connectivity index (χ2n) is 9.01. The summed E-state index contributed by atoms with van der Waals surface area (Å²) < 4.78 is 5.77. The minimum absolute atomic E-state index is 0.0265. The normalized spacial score (nSPS) is 17.3. The first kappa shape index (κ1) is 26.9. The van der Waals surface area contributed by atoms with Gasteiger partial charge in [0.2, 0.25) is 0 Å². The summed E-state index contributed by atoms with van der Waals surface area (Å²) in [5, 5.41) is 22.4. The highest BCUT2D eigenvalue weighted by atomic mass is 16.6. The molecule has 0 saturated carbocycles. The van der Waals surface area contributed by atoms with E-state index in [1.807, 2.05) is 34.6 Å². The number of likely N-dealkylation sites (tertiary alicyclic amines) is 1. The van der Waals surface area contributed by atoms with E-state index in [0.29, 0.717) is 23.4 Å². The molecule has 9 heteroatoms. The van der Waals surface area contributed by atoms with Gasteiger partial charge in [0.05, 0.1) is 22.6 Å². The molecule has 0 spiro atoms. The number of nitro groups is 1. The van der Waals surface area contributed by atoms with Crippen molar-refractivity contribution < 1.29 is 24.4 Å². The predicted molar refractivity (Wildman–Crippen MR) is 137 cm³/mol. The molecule has 0 aromatic heterocycles. The fourth-order valence-electron chi connectivity index (χ4n) is 4.36. The number of ether oxygens (including phenoxy) is 1. The maximum Gasteiger partial charge on any atom is 0.295 e. The average molecular weight is 496 g/mol. The number of carbonyl (C=O) groups excluding carboxylic acids is 2. The number of non-ortho nitro benzene ring substituents is 1. The molecule has 0 aliphatic carbocycles. The topological polar surface area (TPSA) is 113 Å². The number of hydrogen-bond acceptors (Lipinski definition) is 7. The van der Waals surface area contributed by atoms with Crippen LogP contribution in [0, 0.1) is 17.0 Å². The Balaban J connectivity index is 2.10. The van der Waals surface area contributed by atoms with Crippen LogP contribution in [0.1, 0.15) is 50.4 Å². The van der Waals surface area contributed by atoms with Gasteiger partial charge in [0.25, 0.3) is 17.4 Å². The van der Waals surface area contributed by atoms with Gasteiger partial charge in [-0.1, -0.05) is 13.8 Å². The third-order valence-electron chi connectivity index (χ3n) is 6.32. The summed E-state index contributed by atoms with van der Waals surface area (Å²) in [6.07, 6.45) is -0.0265. The average Bonchev–Trinajstić information content (AvgIpc) is 3.10. The monoisotopic (exact) mass is 495 g/mol. The molecule has 192 valence electrons. The van der Waals surface area contributed by atoms with E-state index in [9.17, 15) is 24.8 Å². The molecule has 1 amide bonds. The Bertz CT molecular complexity index is 1170. The first-order valence-electron chi connectivity index (χ1n) is 12.1. The maximum absolute atomic E-state index is 13.2. The van der Waals surface area contributed by atoms with E-state index >= 15 is 0 Å². The number of likely N-dealkylation sites (N-methyl/N-ethyl adjacent to an activating group) is 1. The zero-order chi connectivity index (χ0) is 26.6. The van der Waals surface area contributed by atoms with Gasteiger partial charge in [0.15, 0.2) is 0 Å². The minimum Gasteiger partial charge on any atom is -0.507 e. The summed E-state index contributed by atoms with van der Waals surface area (Å²) in [5.74, 6) is -1.12. The van der Waals surface area contributed by atoms with Crippen LogP contribution in [0.5, 0.6) is 5.75 Å². The standard InChI is InChI=1S/C27H33N3O6/c1-6-28(7-2)14-15-29-24(19-8-11-21(12-9-19)30(34)35)23(26(32)27(29)33)25(31)20-10-13-22(18(5)16-20)36-17(3)4/h8-13,16-17,24,31H,6-7,14-15H2,1-5H3/b25-23-. The Morgan fingerprint density at radius 3 is 2.31 bits per heavy atom. The van der Waals surface area contributed by atoms with Crippen LogP contribution in [0.4, 0.5) is 5.69 Å². The number of aliphatic hydroxyl groups excluding tert-OH is 1. The third kappa shape index (κ3) is 5.57. The molecule has 1 aliphatic heterocycles. The van der Waals surface area contributed by atoms with Gasteiger partial charge in [-0.25, -0.2) is 0 Å². The maximum atomic E-state index is 13.2. The Morgan fingerprint density at radius 1 is 1.14 bits per heavy atom. The van der Waals surface area contributed by atoms with E-state index in [4.69, 9.17) is 4.74 Å². The van der Waals surface area contributed by atoms with Gasteiger partial charge in [0.1, 0.15) is 11.5 Å². The van der Waals surface area contributed by atoms with Crippen molar-refractivity contribution in [3.63, 3.8) is 0 Å². The molecule has 0 radical (unpaired) electrons. The van der Waals surface area contributed by atoms with Gasteiger partial charge in [0, 0.05) is 30.8 Å². The molecule has 3 rings (SSSR count). The molecular formula is C27H33N3O6. The number of carbonyl (C=O) groups is 2. The Morgan fingerprint density at radius 2 is 1.78 bits per heavy atom. The van der Waals surface area contributed by atoms with Gasteiger partial charge in [-0.15, -0.1) is 0 Å². The first-order valence-corrected chi connectivity index (χ1v) is 12.1. The SMILES string of the molecule is CCN(CC)CCN1C(=O)C(=O)/C(=C(\O)c2ccc(OC(C)C)c(C)c2)C1c1ccc([N+](=O)[O-])cc1. The Kier molecular flexibility index (Phi) is 8.47. The quantitative estimate of drug-likeness (QED) is 0.170. The minimum atomic E-state index is -0.867. The fourth-order valence-corrected chi connectivity index (χ4v) is 4.36. The van der Waals surface area contributed by atoms with Gasteiger partial charge < -0.3 is 19.6 Å². The Labute approximate surface area is 211 Å². The molecule has 1 aliphatic rings. The number of nitro benzene ring substituents is 1. The molecule has 9 nitrogen and oxygen atoms in total. The molecule has 0 bridgehead atoms. The van der Waals surface area contributed by atoms with E-state index in [-0.39, 0.29) is 29.7 Å². The molecule has 1 saturated heterocycles. The van der Waals surface area contributed by atoms with E-state index in [1.54, 1.807) is 18.2 Å². The summed E-state index contributed by atoms with van der Waals surface area (Å²) in [6, 6.07) is 9.94. The third-order valence-corrected chi connectivity index (χ3v) is 6.32. The molecular weight excluding hydrogens is 462 g/mol. The lowest BCUT2D eigenvalue weighted by Crippen LogP contribution is -2.38. The van der Waals surface area contributed by atoms with E-state index in [1.165, 1.54) is 29.2 Å². The van der Waals surface area contributed by atoms with Gasteiger partial charge in [-0.3, -0.25) is 19.7 Å². The largest absolute Gasteiger partial charge is 0.507 e. The predicted octanol–water partition coefficient (Wildman–Crippen LogP) is 4.45. The summed E-state index contributed by atoms with van der Waals surface area (Å²) in [7, 11) is 0. The highest BCUT2D eigenvalue weighted by Crippen LogP contribution is 2.40. The number of hydrogen-bond donors (Lipinski definition) is 1. The zero-order valence-corrected chi connectivity index (χ0v) is 21.4. The molecule has 1 heterocycles. The number of Topliss-reactive ketones (excluding diaryl/α,β-unsaturated/α-hetero) is 1. The van der Waals surface area contributed by atoms with E-state index in [2.05, 4.69) is 4.90 Å². The van der Waals surface area contributed by atoms with Crippen LogP contribution in [-0.2, 0) is 9.59 Å². The molecule has 2 aromatic rings. The second kappa shape index (κ2) is 11.3. The highest BCUT2D eigenvalue weighted by molar-refractivity contribution is 6.46. The molecule has 1 unspecified atom stereocenters. The molecule has 2 aromatic carbocycles. The van der Waals surface area contributed by atoms with Gasteiger partial charge >= 0.3 is 0 Å². The van der Waals surface area contributed by atoms with Crippen molar-refractivity contribution >= 4 is 23.1 Å². The van der Waals surface area contributed by atoms with Crippen LogP contribution >= 0.6 is 0 Å². The number of aryl methyl sites for hydroxylation is 1. The van der Waals surface area contributed by atoms with Gasteiger partial charge in [-0.05, 0) is 75.3 Å². The first-order chi connectivity index (χ1) is 17.1.